The second-order valence-corrected chi connectivity index (χ2v) is 13.4. The molecule has 0 aromatic carbocycles. The number of hydrogen-bond acceptors (Lipinski definition) is 0. The third kappa shape index (κ3) is 21.0. The normalized spacial score (nSPS) is 11.7. The van der Waals surface area contributed by atoms with Gasteiger partial charge in [-0.2, -0.15) is 0 Å². The summed E-state index contributed by atoms with van der Waals surface area (Å²) in [5.74, 6) is 1.57. The minimum Gasteiger partial charge on any atom is -0.234 e. The molecule has 0 unspecified atom stereocenters. The highest BCUT2D eigenvalue weighted by Crippen LogP contribution is 2.16. The number of imidazole rings is 1. The molecule has 0 amide bonds. The van der Waals surface area contributed by atoms with E-state index in [1.807, 2.05) is 0 Å². The first kappa shape index (κ1) is 37.2. The lowest BCUT2D eigenvalue weighted by molar-refractivity contribution is -0.722. The van der Waals surface area contributed by atoms with Crippen LogP contribution in [0.25, 0.3) is 0 Å². The van der Waals surface area contributed by atoms with E-state index >= 15 is 0 Å². The van der Waals surface area contributed by atoms with Crippen molar-refractivity contribution in [2.75, 3.05) is 0 Å². The molecule has 0 aliphatic heterocycles. The molecule has 1 heterocycles. The van der Waals surface area contributed by atoms with Gasteiger partial charge in [-0.25, -0.2) is 9.13 Å². The van der Waals surface area contributed by atoms with Crippen LogP contribution in [0.4, 0.5) is 0 Å². The van der Waals surface area contributed by atoms with Crippen molar-refractivity contribution in [1.82, 2.24) is 4.57 Å². The van der Waals surface area contributed by atoms with E-state index in [9.17, 15) is 0 Å². The smallest absolute Gasteiger partial charge is 0.234 e. The van der Waals surface area contributed by atoms with Crippen LogP contribution in [0, 0.1) is 0 Å². The van der Waals surface area contributed by atoms with E-state index in [1.165, 1.54) is 193 Å². The van der Waals surface area contributed by atoms with Crippen molar-refractivity contribution >= 4 is 0 Å². The van der Waals surface area contributed by atoms with E-state index in [0.29, 0.717) is 6.04 Å². The molecule has 0 saturated heterocycles. The van der Waals surface area contributed by atoms with Gasteiger partial charge in [0.2, 0.25) is 0 Å². The summed E-state index contributed by atoms with van der Waals surface area (Å²) in [5.41, 5.74) is 0. The Kier molecular flexibility index (Phi) is 26.4. The summed E-state index contributed by atoms with van der Waals surface area (Å²) < 4.78 is 5.12. The van der Waals surface area contributed by atoms with E-state index in [0.717, 1.165) is 0 Å². The van der Waals surface area contributed by atoms with Crippen molar-refractivity contribution in [3.05, 3.63) is 18.2 Å². The third-order valence-electron chi connectivity index (χ3n) is 9.10. The zero-order valence-corrected chi connectivity index (χ0v) is 28.3. The van der Waals surface area contributed by atoms with E-state index < -0.39 is 0 Å². The number of aryl methyl sites for hydroxylation is 1. The maximum Gasteiger partial charge on any atom is 0.256 e. The second kappa shape index (κ2) is 28.3. The monoisotopic (exact) mass is 560 g/mol. The molecule has 0 N–H and O–H groups in total. The molecular formula is C38H75N2+. The Morgan fingerprint density at radius 2 is 0.800 bits per heavy atom. The minimum atomic E-state index is 0.569. The van der Waals surface area contributed by atoms with Crippen LogP contribution < -0.4 is 4.57 Å². The van der Waals surface area contributed by atoms with E-state index in [1.54, 1.807) is 5.82 Å². The quantitative estimate of drug-likeness (QED) is 0.0631. The molecule has 2 nitrogen and oxygen atoms in total. The highest BCUT2D eigenvalue weighted by molar-refractivity contribution is 4.85. The van der Waals surface area contributed by atoms with Crippen LogP contribution in [0.1, 0.15) is 219 Å². The molecule has 0 bridgehead atoms. The van der Waals surface area contributed by atoms with Gasteiger partial charge < -0.3 is 0 Å². The van der Waals surface area contributed by atoms with Crippen molar-refractivity contribution in [2.45, 2.75) is 226 Å². The average molecular weight is 560 g/mol. The second-order valence-electron chi connectivity index (χ2n) is 13.4. The molecule has 2 heteroatoms. The Balaban J connectivity index is 2.04. The summed E-state index contributed by atoms with van der Waals surface area (Å²) in [6, 6.07) is 0.569. The fourth-order valence-electron chi connectivity index (χ4n) is 6.37. The summed E-state index contributed by atoms with van der Waals surface area (Å²) >= 11 is 0. The van der Waals surface area contributed by atoms with Gasteiger partial charge in [0, 0.05) is 6.42 Å². The van der Waals surface area contributed by atoms with Crippen molar-refractivity contribution in [3.8, 4) is 0 Å². The molecule has 0 atom stereocenters. The number of aromatic nitrogens is 2. The van der Waals surface area contributed by atoms with Crippen LogP contribution in [-0.4, -0.2) is 4.57 Å². The Hall–Kier alpha value is -0.790. The Bertz CT molecular complexity index is 631. The zero-order valence-electron chi connectivity index (χ0n) is 28.3. The van der Waals surface area contributed by atoms with Gasteiger partial charge in [0.1, 0.15) is 12.4 Å². The van der Waals surface area contributed by atoms with Gasteiger partial charge in [-0.15, -0.1) is 0 Å². The first-order chi connectivity index (χ1) is 19.7. The van der Waals surface area contributed by atoms with Crippen molar-refractivity contribution < 1.29 is 4.57 Å². The van der Waals surface area contributed by atoms with Crippen LogP contribution >= 0.6 is 0 Å². The van der Waals surface area contributed by atoms with Crippen molar-refractivity contribution in [2.24, 2.45) is 0 Å². The van der Waals surface area contributed by atoms with Crippen LogP contribution in [-0.2, 0) is 13.0 Å². The number of rotatable bonds is 31. The van der Waals surface area contributed by atoms with E-state index in [4.69, 9.17) is 0 Å². The lowest BCUT2D eigenvalue weighted by Gasteiger charge is -2.08. The molecule has 1 rings (SSSR count). The molecule has 1 aromatic heterocycles. The van der Waals surface area contributed by atoms with E-state index in [2.05, 4.69) is 49.2 Å². The van der Waals surface area contributed by atoms with Gasteiger partial charge in [-0.1, -0.05) is 174 Å². The Labute approximate surface area is 253 Å². The van der Waals surface area contributed by atoms with Crippen LogP contribution in [0.2, 0.25) is 0 Å². The first-order valence-electron chi connectivity index (χ1n) is 18.8. The van der Waals surface area contributed by atoms with Gasteiger partial charge in [0.05, 0.1) is 12.6 Å². The number of nitrogens with zero attached hydrogens (tertiary/aromatic N) is 2. The van der Waals surface area contributed by atoms with Crippen LogP contribution in [0.5, 0.6) is 0 Å². The zero-order chi connectivity index (χ0) is 28.9. The van der Waals surface area contributed by atoms with Gasteiger partial charge in [0.25, 0.3) is 5.82 Å². The van der Waals surface area contributed by atoms with Crippen molar-refractivity contribution in [3.63, 3.8) is 0 Å². The molecule has 40 heavy (non-hydrogen) atoms. The standard InChI is InChI=1S/C38H75N2/c1-5-7-9-11-13-15-17-19-20-21-22-24-26-28-30-32-34-39-35-36-40(37(3)4)38(39)33-31-29-27-25-23-18-16-14-12-10-8-6-2/h35-37H,5-34H2,1-4H3/q+1. The molecule has 236 valence electrons. The lowest BCUT2D eigenvalue weighted by atomic mass is 10.0. The Morgan fingerprint density at radius 3 is 1.15 bits per heavy atom. The molecule has 0 fully saturated rings. The summed E-state index contributed by atoms with van der Waals surface area (Å²) in [6.45, 7) is 10.5. The molecule has 1 aromatic rings. The van der Waals surface area contributed by atoms with E-state index in [-0.39, 0.29) is 0 Å². The topological polar surface area (TPSA) is 8.81 Å². The molecule has 0 radical (unpaired) electrons. The molecule has 0 spiro atoms. The maximum atomic E-state index is 2.59. The fraction of sp³-hybridized carbons (Fsp3) is 0.921. The number of hydrogen-bond donors (Lipinski definition) is 0. The fourth-order valence-corrected chi connectivity index (χ4v) is 6.37. The summed E-state index contributed by atoms with van der Waals surface area (Å²) in [7, 11) is 0. The highest BCUT2D eigenvalue weighted by atomic mass is 15.2. The summed E-state index contributed by atoms with van der Waals surface area (Å²) in [4.78, 5) is 0. The molecule has 0 aliphatic rings. The predicted octanol–water partition coefficient (Wildman–Crippen LogP) is 12.9. The molecule has 0 aliphatic carbocycles. The van der Waals surface area contributed by atoms with Gasteiger partial charge in [-0.3, -0.25) is 0 Å². The predicted molar refractivity (Wildman–Crippen MR) is 179 cm³/mol. The summed E-state index contributed by atoms with van der Waals surface area (Å²) in [6.07, 6.45) is 46.2. The maximum absolute atomic E-state index is 2.59. The largest absolute Gasteiger partial charge is 0.256 e. The van der Waals surface area contributed by atoms with Gasteiger partial charge in [0.15, 0.2) is 0 Å². The van der Waals surface area contributed by atoms with Gasteiger partial charge in [-0.05, 0) is 33.1 Å². The van der Waals surface area contributed by atoms with Crippen LogP contribution in [0.3, 0.4) is 0 Å². The molecule has 0 saturated carbocycles. The highest BCUT2D eigenvalue weighted by Gasteiger charge is 2.18. The minimum absolute atomic E-state index is 0.569. The lowest BCUT2D eigenvalue weighted by Crippen LogP contribution is -2.39. The molecular weight excluding hydrogens is 484 g/mol. The first-order valence-corrected chi connectivity index (χ1v) is 18.8. The Morgan fingerprint density at radius 1 is 0.475 bits per heavy atom. The average Bonchev–Trinajstić information content (AvgIpc) is 3.36. The van der Waals surface area contributed by atoms with Crippen LogP contribution in [0.15, 0.2) is 12.4 Å². The third-order valence-corrected chi connectivity index (χ3v) is 9.10. The van der Waals surface area contributed by atoms with Gasteiger partial charge >= 0.3 is 0 Å². The van der Waals surface area contributed by atoms with Crippen molar-refractivity contribution in [1.29, 1.82) is 0 Å². The SMILES string of the molecule is CCCCCCCCCCCCCCCCCCn1cc[n+](C(C)C)c1CCCCCCCCCCCCCC. The summed E-state index contributed by atoms with van der Waals surface area (Å²) in [5, 5.41) is 0. The number of unbranched alkanes of at least 4 members (excludes halogenated alkanes) is 26.